The second kappa shape index (κ2) is 7.83. The predicted molar refractivity (Wildman–Crippen MR) is 84.6 cm³/mol. The first kappa shape index (κ1) is 17.2. The van der Waals surface area contributed by atoms with Crippen molar-refractivity contribution in [3.05, 3.63) is 29.6 Å². The number of aromatic nitrogens is 1. The molecule has 0 saturated carbocycles. The number of hydrogen-bond donors (Lipinski definition) is 0. The zero-order chi connectivity index (χ0) is 15.9. The molecule has 1 unspecified atom stereocenters. The molecule has 1 aromatic rings. The molecule has 1 atom stereocenters. The molecule has 1 rings (SSSR count). The fourth-order valence-electron chi connectivity index (χ4n) is 1.59. The lowest BCUT2D eigenvalue weighted by atomic mass is 9.97. The molecule has 0 fully saturated rings. The molecule has 1 heterocycles. The minimum absolute atomic E-state index is 0.263. The van der Waals surface area contributed by atoms with Gasteiger partial charge < -0.3 is 4.74 Å². The second-order valence-electron chi connectivity index (χ2n) is 6.16. The van der Waals surface area contributed by atoms with Crippen molar-refractivity contribution < 1.29 is 9.53 Å². The SMILES string of the molecule is CCCCC#CC(OC(=O)C(C)(C)C)c1cccc(C)n1. The summed E-state index contributed by atoms with van der Waals surface area (Å²) in [6.07, 6.45) is 2.37. The second-order valence-corrected chi connectivity index (χ2v) is 6.16. The molecule has 0 amide bonds. The van der Waals surface area contributed by atoms with Crippen LogP contribution in [-0.4, -0.2) is 11.0 Å². The molecule has 0 N–H and O–H groups in total. The summed E-state index contributed by atoms with van der Waals surface area (Å²) in [6.45, 7) is 9.54. The van der Waals surface area contributed by atoms with Gasteiger partial charge in [0.1, 0.15) is 0 Å². The van der Waals surface area contributed by atoms with Crippen molar-refractivity contribution in [3.63, 3.8) is 0 Å². The first-order valence-corrected chi connectivity index (χ1v) is 7.47. The maximum absolute atomic E-state index is 12.1. The Hall–Kier alpha value is -1.82. The Balaban J connectivity index is 2.94. The van der Waals surface area contributed by atoms with Crippen LogP contribution in [-0.2, 0) is 9.53 Å². The van der Waals surface area contributed by atoms with E-state index in [9.17, 15) is 4.79 Å². The van der Waals surface area contributed by atoms with Crippen LogP contribution in [0.5, 0.6) is 0 Å². The van der Waals surface area contributed by atoms with Crippen molar-refractivity contribution in [3.8, 4) is 11.8 Å². The summed E-state index contributed by atoms with van der Waals surface area (Å²) in [6, 6.07) is 5.67. The molecule has 0 bridgehead atoms. The normalized spacial score (nSPS) is 12.2. The Morgan fingerprint density at radius 1 is 1.38 bits per heavy atom. The number of rotatable bonds is 4. The van der Waals surface area contributed by atoms with E-state index in [0.717, 1.165) is 25.0 Å². The van der Waals surface area contributed by atoms with Crippen molar-refractivity contribution in [1.29, 1.82) is 0 Å². The third-order valence-electron chi connectivity index (χ3n) is 2.90. The van der Waals surface area contributed by atoms with Crippen LogP contribution in [0.2, 0.25) is 0 Å². The summed E-state index contributed by atoms with van der Waals surface area (Å²) >= 11 is 0. The molecule has 0 aromatic carbocycles. The quantitative estimate of drug-likeness (QED) is 0.473. The van der Waals surface area contributed by atoms with Gasteiger partial charge in [-0.25, -0.2) is 0 Å². The summed E-state index contributed by atoms with van der Waals surface area (Å²) in [5.41, 5.74) is 1.03. The van der Waals surface area contributed by atoms with Crippen molar-refractivity contribution in [2.24, 2.45) is 5.41 Å². The number of nitrogens with zero attached hydrogens (tertiary/aromatic N) is 1. The molecule has 0 spiro atoms. The number of pyridine rings is 1. The Morgan fingerprint density at radius 2 is 2.10 bits per heavy atom. The molecule has 0 aliphatic carbocycles. The minimum Gasteiger partial charge on any atom is -0.442 e. The van der Waals surface area contributed by atoms with Crippen molar-refractivity contribution in [2.75, 3.05) is 0 Å². The van der Waals surface area contributed by atoms with Crippen LogP contribution < -0.4 is 0 Å². The number of esters is 1. The highest BCUT2D eigenvalue weighted by Crippen LogP contribution is 2.22. The number of ether oxygens (including phenoxy) is 1. The predicted octanol–water partition coefficient (Wildman–Crippen LogP) is 4.21. The Bertz CT molecular complexity index is 532. The zero-order valence-corrected chi connectivity index (χ0v) is 13.7. The number of carbonyl (C=O) groups is 1. The van der Waals surface area contributed by atoms with Gasteiger partial charge >= 0.3 is 5.97 Å². The molecular formula is C18H25NO2. The van der Waals surface area contributed by atoms with Gasteiger partial charge in [0, 0.05) is 12.1 Å². The van der Waals surface area contributed by atoms with Crippen molar-refractivity contribution >= 4 is 5.97 Å². The third kappa shape index (κ3) is 5.99. The topological polar surface area (TPSA) is 39.2 Å². The molecule has 3 nitrogen and oxygen atoms in total. The van der Waals surface area contributed by atoms with Gasteiger partial charge in [0.15, 0.2) is 0 Å². The first-order valence-electron chi connectivity index (χ1n) is 7.47. The van der Waals surface area contributed by atoms with E-state index in [1.54, 1.807) is 0 Å². The van der Waals surface area contributed by atoms with E-state index >= 15 is 0 Å². The molecule has 0 radical (unpaired) electrons. The van der Waals surface area contributed by atoms with E-state index in [1.165, 1.54) is 0 Å². The zero-order valence-electron chi connectivity index (χ0n) is 13.7. The Labute approximate surface area is 128 Å². The van der Waals surface area contributed by atoms with Gasteiger partial charge in [0.05, 0.1) is 11.1 Å². The maximum atomic E-state index is 12.1. The largest absolute Gasteiger partial charge is 0.442 e. The number of aryl methyl sites for hydroxylation is 1. The summed E-state index contributed by atoms with van der Waals surface area (Å²) in [5, 5.41) is 0. The van der Waals surface area contributed by atoms with E-state index in [4.69, 9.17) is 4.74 Å². The number of carbonyl (C=O) groups excluding carboxylic acids is 1. The molecule has 3 heteroatoms. The Kier molecular flexibility index (Phi) is 6.42. The fraction of sp³-hybridized carbons (Fsp3) is 0.556. The highest BCUT2D eigenvalue weighted by Gasteiger charge is 2.26. The third-order valence-corrected chi connectivity index (χ3v) is 2.90. The van der Waals surface area contributed by atoms with E-state index in [1.807, 2.05) is 45.9 Å². The lowest BCUT2D eigenvalue weighted by molar-refractivity contribution is -0.156. The van der Waals surface area contributed by atoms with Crippen molar-refractivity contribution in [1.82, 2.24) is 4.98 Å². The monoisotopic (exact) mass is 287 g/mol. The molecular weight excluding hydrogens is 262 g/mol. The average Bonchev–Trinajstić information content (AvgIpc) is 2.41. The van der Waals surface area contributed by atoms with Gasteiger partial charge in [0.25, 0.3) is 0 Å². The van der Waals surface area contributed by atoms with Crippen molar-refractivity contribution in [2.45, 2.75) is 60.0 Å². The standard InChI is InChI=1S/C18H25NO2/c1-6-7-8-9-13-16(21-17(20)18(3,4)5)15-12-10-11-14(2)19-15/h10-12,16H,6-8H2,1-5H3. The van der Waals surface area contributed by atoms with Crippen LogP contribution in [0.1, 0.15) is 64.4 Å². The van der Waals surface area contributed by atoms with Crippen LogP contribution >= 0.6 is 0 Å². The maximum Gasteiger partial charge on any atom is 0.312 e. The number of unbranched alkanes of at least 4 members (excludes halogenated alkanes) is 2. The summed E-state index contributed by atoms with van der Waals surface area (Å²) < 4.78 is 5.56. The van der Waals surface area contributed by atoms with Gasteiger partial charge in [-0.15, -0.1) is 0 Å². The summed E-state index contributed by atoms with van der Waals surface area (Å²) in [4.78, 5) is 16.5. The number of hydrogen-bond acceptors (Lipinski definition) is 3. The van der Waals surface area contributed by atoms with Crippen LogP contribution in [0.3, 0.4) is 0 Å². The summed E-state index contributed by atoms with van der Waals surface area (Å²) in [5.74, 6) is 5.88. The van der Waals surface area contributed by atoms with E-state index in [0.29, 0.717) is 5.69 Å². The highest BCUT2D eigenvalue weighted by molar-refractivity contribution is 5.75. The van der Waals surface area contributed by atoms with Gasteiger partial charge in [-0.2, -0.15) is 0 Å². The molecule has 0 aliphatic rings. The molecule has 114 valence electrons. The molecule has 0 aliphatic heterocycles. The Morgan fingerprint density at radius 3 is 2.67 bits per heavy atom. The summed E-state index contributed by atoms with van der Waals surface area (Å²) in [7, 11) is 0. The smallest absolute Gasteiger partial charge is 0.312 e. The lowest BCUT2D eigenvalue weighted by Crippen LogP contribution is -2.25. The van der Waals surface area contributed by atoms with Gasteiger partial charge in [-0.05, 0) is 46.2 Å². The first-order chi connectivity index (χ1) is 9.84. The van der Waals surface area contributed by atoms with Crippen LogP contribution in [0.15, 0.2) is 18.2 Å². The van der Waals surface area contributed by atoms with Gasteiger partial charge in [-0.1, -0.05) is 31.3 Å². The fourth-order valence-corrected chi connectivity index (χ4v) is 1.59. The highest BCUT2D eigenvalue weighted by atomic mass is 16.5. The minimum atomic E-state index is -0.589. The van der Waals surface area contributed by atoms with E-state index < -0.39 is 11.5 Å². The lowest BCUT2D eigenvalue weighted by Gasteiger charge is -2.20. The molecule has 1 aromatic heterocycles. The van der Waals surface area contributed by atoms with Crippen LogP contribution in [0, 0.1) is 24.2 Å². The van der Waals surface area contributed by atoms with Gasteiger partial charge in [0.2, 0.25) is 6.10 Å². The van der Waals surface area contributed by atoms with E-state index in [-0.39, 0.29) is 5.97 Å². The molecule has 0 saturated heterocycles. The van der Waals surface area contributed by atoms with E-state index in [2.05, 4.69) is 23.7 Å². The van der Waals surface area contributed by atoms with Gasteiger partial charge in [-0.3, -0.25) is 9.78 Å². The average molecular weight is 287 g/mol. The van der Waals surface area contributed by atoms with Crippen LogP contribution in [0.4, 0.5) is 0 Å². The van der Waals surface area contributed by atoms with Crippen LogP contribution in [0.25, 0.3) is 0 Å². The molecule has 21 heavy (non-hydrogen) atoms.